The third kappa shape index (κ3) is 3.29. The Bertz CT molecular complexity index is 566. The smallest absolute Gasteiger partial charge is 0.229 e. The van der Waals surface area contributed by atoms with E-state index in [2.05, 4.69) is 18.8 Å². The van der Waals surface area contributed by atoms with Crippen LogP contribution in [-0.4, -0.2) is 30.8 Å². The molecule has 0 radical (unpaired) electrons. The van der Waals surface area contributed by atoms with E-state index in [0.717, 1.165) is 30.6 Å². The van der Waals surface area contributed by atoms with Crippen LogP contribution >= 0.6 is 22.9 Å². The molecular formula is C12H19ClN2O2S2. The fourth-order valence-corrected chi connectivity index (χ4v) is 5.70. The van der Waals surface area contributed by atoms with Gasteiger partial charge in [-0.2, -0.15) is 4.31 Å². The molecule has 1 fully saturated rings. The van der Waals surface area contributed by atoms with E-state index in [1.807, 2.05) is 0 Å². The lowest BCUT2D eigenvalue weighted by Gasteiger charge is -2.22. The number of aryl methyl sites for hydroxylation is 1. The van der Waals surface area contributed by atoms with E-state index >= 15 is 0 Å². The molecule has 108 valence electrons. The Labute approximate surface area is 123 Å². The first kappa shape index (κ1) is 15.2. The second-order valence-corrected chi connectivity index (χ2v) is 9.48. The zero-order valence-electron chi connectivity index (χ0n) is 11.4. The van der Waals surface area contributed by atoms with Crippen molar-refractivity contribution in [2.24, 2.45) is 5.41 Å². The molecule has 1 aliphatic heterocycles. The molecule has 1 aliphatic rings. The molecular weight excluding hydrogens is 304 g/mol. The Morgan fingerprint density at radius 1 is 1.32 bits per heavy atom. The Hall–Kier alpha value is -0.170. The predicted molar refractivity (Wildman–Crippen MR) is 78.3 cm³/mol. The molecule has 1 aromatic heterocycles. The monoisotopic (exact) mass is 322 g/mol. The minimum atomic E-state index is -3.44. The van der Waals surface area contributed by atoms with Gasteiger partial charge in [0.15, 0.2) is 8.68 Å². The zero-order valence-corrected chi connectivity index (χ0v) is 13.8. The number of halogens is 1. The van der Waals surface area contributed by atoms with E-state index in [4.69, 9.17) is 11.6 Å². The summed E-state index contributed by atoms with van der Waals surface area (Å²) in [7, 11) is -3.44. The van der Waals surface area contributed by atoms with Gasteiger partial charge in [0.1, 0.15) is 0 Å². The van der Waals surface area contributed by atoms with Crippen LogP contribution in [0.5, 0.6) is 0 Å². The van der Waals surface area contributed by atoms with Crippen LogP contribution in [-0.2, 0) is 10.0 Å². The number of nitrogens with zero attached hydrogens (tertiary/aromatic N) is 2. The quantitative estimate of drug-likeness (QED) is 0.839. The highest BCUT2D eigenvalue weighted by Gasteiger charge is 2.32. The highest BCUT2D eigenvalue weighted by atomic mass is 35.5. The zero-order chi connectivity index (χ0) is 14.3. The first-order chi connectivity index (χ1) is 8.72. The van der Waals surface area contributed by atoms with Crippen molar-refractivity contribution < 1.29 is 8.42 Å². The average Bonchev–Trinajstić information content (AvgIpc) is 2.52. The molecule has 0 N–H and O–H groups in total. The highest BCUT2D eigenvalue weighted by molar-refractivity contribution is 7.91. The van der Waals surface area contributed by atoms with Gasteiger partial charge >= 0.3 is 0 Å². The molecule has 1 aromatic rings. The van der Waals surface area contributed by atoms with Gasteiger partial charge in [0.05, 0.1) is 5.69 Å². The third-order valence-electron chi connectivity index (χ3n) is 3.60. The summed E-state index contributed by atoms with van der Waals surface area (Å²) in [5, 5.41) is 0. The molecule has 19 heavy (non-hydrogen) atoms. The van der Waals surface area contributed by atoms with Crippen LogP contribution in [0.4, 0.5) is 0 Å². The van der Waals surface area contributed by atoms with Crippen molar-refractivity contribution in [1.29, 1.82) is 0 Å². The minimum Gasteiger partial charge on any atom is -0.229 e. The van der Waals surface area contributed by atoms with Crippen molar-refractivity contribution in [2.45, 2.75) is 44.2 Å². The van der Waals surface area contributed by atoms with E-state index in [9.17, 15) is 8.42 Å². The van der Waals surface area contributed by atoms with Crippen LogP contribution in [0.2, 0.25) is 4.47 Å². The number of sulfonamides is 1. The lowest BCUT2D eigenvalue weighted by molar-refractivity contribution is 0.315. The maximum absolute atomic E-state index is 12.6. The van der Waals surface area contributed by atoms with Gasteiger partial charge in [-0.25, -0.2) is 13.4 Å². The standard InChI is InChI=1S/C12H19ClN2O2S2/c1-9-10(18-11(13)14-9)19(16,17)15-7-4-5-12(2,3)6-8-15/h4-8H2,1-3H3. The van der Waals surface area contributed by atoms with E-state index in [1.165, 1.54) is 0 Å². The summed E-state index contributed by atoms with van der Waals surface area (Å²) in [5.74, 6) is 0. The number of rotatable bonds is 2. The van der Waals surface area contributed by atoms with Crippen LogP contribution in [0.25, 0.3) is 0 Å². The van der Waals surface area contributed by atoms with Crippen LogP contribution in [0.3, 0.4) is 0 Å². The summed E-state index contributed by atoms with van der Waals surface area (Å²) in [6.07, 6.45) is 2.84. The van der Waals surface area contributed by atoms with Crippen LogP contribution < -0.4 is 0 Å². The van der Waals surface area contributed by atoms with Gasteiger partial charge in [0.2, 0.25) is 0 Å². The predicted octanol–water partition coefficient (Wildman–Crippen LogP) is 3.31. The lowest BCUT2D eigenvalue weighted by Crippen LogP contribution is -2.32. The van der Waals surface area contributed by atoms with Crippen molar-refractivity contribution >= 4 is 33.0 Å². The number of aromatic nitrogens is 1. The first-order valence-electron chi connectivity index (χ1n) is 6.35. The number of thiazole rings is 1. The summed E-state index contributed by atoms with van der Waals surface area (Å²) >= 11 is 6.86. The highest BCUT2D eigenvalue weighted by Crippen LogP contribution is 2.34. The first-order valence-corrected chi connectivity index (χ1v) is 8.99. The molecule has 0 aliphatic carbocycles. The Kier molecular flexibility index (Phi) is 4.26. The van der Waals surface area contributed by atoms with Crippen molar-refractivity contribution in [3.8, 4) is 0 Å². The molecule has 0 atom stereocenters. The SMILES string of the molecule is Cc1nc(Cl)sc1S(=O)(=O)N1CCCC(C)(C)CC1. The minimum absolute atomic E-state index is 0.213. The van der Waals surface area contributed by atoms with Crippen LogP contribution in [0, 0.1) is 12.3 Å². The van der Waals surface area contributed by atoms with Crippen LogP contribution in [0.15, 0.2) is 4.21 Å². The molecule has 1 saturated heterocycles. The van der Waals surface area contributed by atoms with Gasteiger partial charge in [0.25, 0.3) is 10.0 Å². The normalized spacial score (nSPS) is 21.3. The molecule has 2 rings (SSSR count). The van der Waals surface area contributed by atoms with Gasteiger partial charge in [-0.05, 0) is 31.6 Å². The molecule has 0 spiro atoms. The van der Waals surface area contributed by atoms with E-state index < -0.39 is 10.0 Å². The molecule has 0 saturated carbocycles. The van der Waals surface area contributed by atoms with Crippen molar-refractivity contribution in [2.75, 3.05) is 13.1 Å². The Morgan fingerprint density at radius 3 is 2.58 bits per heavy atom. The Balaban J connectivity index is 2.28. The second kappa shape index (κ2) is 5.31. The van der Waals surface area contributed by atoms with Crippen molar-refractivity contribution in [3.63, 3.8) is 0 Å². The van der Waals surface area contributed by atoms with Gasteiger partial charge in [-0.1, -0.05) is 36.8 Å². The van der Waals surface area contributed by atoms with Gasteiger partial charge in [-0.15, -0.1) is 0 Å². The molecule has 7 heteroatoms. The summed E-state index contributed by atoms with van der Waals surface area (Å²) < 4.78 is 27.4. The van der Waals surface area contributed by atoms with Gasteiger partial charge in [-0.3, -0.25) is 0 Å². The fraction of sp³-hybridized carbons (Fsp3) is 0.750. The van der Waals surface area contributed by atoms with Crippen molar-refractivity contribution in [3.05, 3.63) is 10.2 Å². The maximum atomic E-state index is 12.6. The lowest BCUT2D eigenvalue weighted by atomic mass is 9.85. The summed E-state index contributed by atoms with van der Waals surface area (Å²) in [5.41, 5.74) is 0.712. The van der Waals surface area contributed by atoms with E-state index in [1.54, 1.807) is 11.2 Å². The second-order valence-electron chi connectivity index (χ2n) is 5.76. The fourth-order valence-electron chi connectivity index (χ4n) is 2.35. The molecule has 0 aromatic carbocycles. The third-order valence-corrected chi connectivity index (χ3v) is 7.35. The number of hydrogen-bond donors (Lipinski definition) is 0. The Morgan fingerprint density at radius 2 is 2.00 bits per heavy atom. The van der Waals surface area contributed by atoms with Crippen molar-refractivity contribution in [1.82, 2.24) is 9.29 Å². The topological polar surface area (TPSA) is 50.3 Å². The maximum Gasteiger partial charge on any atom is 0.254 e. The molecule has 2 heterocycles. The average molecular weight is 323 g/mol. The number of hydrogen-bond acceptors (Lipinski definition) is 4. The summed E-state index contributed by atoms with van der Waals surface area (Å²) in [4.78, 5) is 4.00. The summed E-state index contributed by atoms with van der Waals surface area (Å²) in [6.45, 7) is 7.23. The molecule has 0 amide bonds. The van der Waals surface area contributed by atoms with E-state index in [-0.39, 0.29) is 14.1 Å². The molecule has 0 unspecified atom stereocenters. The largest absolute Gasteiger partial charge is 0.254 e. The molecule has 4 nitrogen and oxygen atoms in total. The van der Waals surface area contributed by atoms with Gasteiger partial charge < -0.3 is 0 Å². The summed E-state index contributed by atoms with van der Waals surface area (Å²) in [6, 6.07) is 0. The van der Waals surface area contributed by atoms with Crippen LogP contribution in [0.1, 0.15) is 38.8 Å². The van der Waals surface area contributed by atoms with Gasteiger partial charge in [0, 0.05) is 13.1 Å². The molecule has 0 bridgehead atoms. The van der Waals surface area contributed by atoms with E-state index in [0.29, 0.717) is 18.8 Å².